The van der Waals surface area contributed by atoms with Crippen molar-refractivity contribution in [1.82, 2.24) is 5.43 Å². The Hall–Kier alpha value is -3.14. The fraction of sp³-hybridized carbons (Fsp3) is 0.143. The number of hydrogen-bond donors (Lipinski definition) is 2. The van der Waals surface area contributed by atoms with Crippen LogP contribution in [-0.2, 0) is 4.79 Å². The Kier molecular flexibility index (Phi) is 5.09. The van der Waals surface area contributed by atoms with Gasteiger partial charge < -0.3 is 5.32 Å². The van der Waals surface area contributed by atoms with Gasteiger partial charge in [-0.15, -0.1) is 0 Å². The molecule has 0 aliphatic carbocycles. The van der Waals surface area contributed by atoms with E-state index in [1.165, 1.54) is 5.39 Å². The first kappa shape index (κ1) is 16.7. The van der Waals surface area contributed by atoms with Crippen LogP contribution >= 0.6 is 0 Å². The predicted molar refractivity (Wildman–Crippen MR) is 104 cm³/mol. The average molecular weight is 331 g/mol. The Morgan fingerprint density at radius 3 is 2.56 bits per heavy atom. The van der Waals surface area contributed by atoms with Gasteiger partial charge in [0, 0.05) is 5.69 Å². The molecule has 0 radical (unpaired) electrons. The van der Waals surface area contributed by atoms with Gasteiger partial charge in [0.1, 0.15) is 0 Å². The summed E-state index contributed by atoms with van der Waals surface area (Å²) in [6, 6.07) is 22.2. The highest BCUT2D eigenvalue weighted by Gasteiger charge is 2.03. The van der Waals surface area contributed by atoms with Crippen LogP contribution in [0, 0.1) is 6.92 Å². The van der Waals surface area contributed by atoms with Gasteiger partial charge in [-0.2, -0.15) is 5.10 Å². The van der Waals surface area contributed by atoms with Gasteiger partial charge >= 0.3 is 0 Å². The van der Waals surface area contributed by atoms with E-state index < -0.39 is 0 Å². The number of fused-ring (bicyclic) bond motifs is 1. The van der Waals surface area contributed by atoms with E-state index >= 15 is 0 Å². The lowest BCUT2D eigenvalue weighted by Gasteiger charge is -2.07. The molecule has 0 spiro atoms. The standard InChI is InChI=1S/C21H21N3O/c1-15-6-5-9-20(12-15)22-14-21(25)24-23-16(2)18-11-10-17-7-3-4-8-19(17)13-18/h3-13,22H,14H2,1-2H3,(H,24,25)/b23-16+. The number of hydrogen-bond acceptors (Lipinski definition) is 3. The highest BCUT2D eigenvalue weighted by atomic mass is 16.2. The molecule has 126 valence electrons. The molecule has 3 aromatic rings. The van der Waals surface area contributed by atoms with E-state index in [1.54, 1.807) is 0 Å². The fourth-order valence-corrected chi connectivity index (χ4v) is 2.60. The Morgan fingerprint density at radius 2 is 1.76 bits per heavy atom. The lowest BCUT2D eigenvalue weighted by molar-refractivity contribution is -0.119. The molecule has 4 heteroatoms. The maximum atomic E-state index is 12.0. The number of anilines is 1. The number of rotatable bonds is 5. The van der Waals surface area contributed by atoms with Crippen molar-refractivity contribution in [3.05, 3.63) is 77.9 Å². The van der Waals surface area contributed by atoms with E-state index in [0.717, 1.165) is 27.9 Å². The number of amides is 1. The maximum Gasteiger partial charge on any atom is 0.259 e. The number of aryl methyl sites for hydroxylation is 1. The maximum absolute atomic E-state index is 12.0. The molecule has 25 heavy (non-hydrogen) atoms. The largest absolute Gasteiger partial charge is 0.376 e. The summed E-state index contributed by atoms with van der Waals surface area (Å²) in [6.07, 6.45) is 0. The SMILES string of the molecule is C/C(=N\NC(=O)CNc1cccc(C)c1)c1ccc2ccccc2c1. The summed E-state index contributed by atoms with van der Waals surface area (Å²) in [6.45, 7) is 4.08. The highest BCUT2D eigenvalue weighted by molar-refractivity contribution is 6.02. The first-order chi connectivity index (χ1) is 12.1. The second-order valence-electron chi connectivity index (χ2n) is 6.02. The summed E-state index contributed by atoms with van der Waals surface area (Å²) in [5, 5.41) is 9.64. The molecule has 3 aromatic carbocycles. The Bertz CT molecular complexity index is 931. The molecular weight excluding hydrogens is 310 g/mol. The lowest BCUT2D eigenvalue weighted by Crippen LogP contribution is -2.26. The number of benzene rings is 3. The molecule has 0 aliphatic heterocycles. The van der Waals surface area contributed by atoms with Crippen LogP contribution in [0.4, 0.5) is 5.69 Å². The lowest BCUT2D eigenvalue weighted by atomic mass is 10.0. The van der Waals surface area contributed by atoms with Crippen molar-refractivity contribution in [3.63, 3.8) is 0 Å². The van der Waals surface area contributed by atoms with E-state index in [4.69, 9.17) is 0 Å². The second-order valence-corrected chi connectivity index (χ2v) is 6.02. The molecule has 0 unspecified atom stereocenters. The van der Waals surface area contributed by atoms with Gasteiger partial charge in [-0.3, -0.25) is 4.79 Å². The van der Waals surface area contributed by atoms with Crippen LogP contribution in [0.25, 0.3) is 10.8 Å². The topological polar surface area (TPSA) is 53.5 Å². The van der Waals surface area contributed by atoms with Gasteiger partial charge in [0.15, 0.2) is 0 Å². The number of hydrazone groups is 1. The quantitative estimate of drug-likeness (QED) is 0.546. The Morgan fingerprint density at radius 1 is 0.960 bits per heavy atom. The molecule has 0 saturated carbocycles. The number of carbonyl (C=O) groups is 1. The molecule has 3 rings (SSSR count). The van der Waals surface area contributed by atoms with Crippen LogP contribution < -0.4 is 10.7 Å². The molecule has 0 bridgehead atoms. The smallest absolute Gasteiger partial charge is 0.259 e. The van der Waals surface area contributed by atoms with Crippen LogP contribution in [0.1, 0.15) is 18.1 Å². The monoisotopic (exact) mass is 331 g/mol. The zero-order valence-electron chi connectivity index (χ0n) is 14.4. The van der Waals surface area contributed by atoms with E-state index in [2.05, 4.69) is 40.1 Å². The first-order valence-corrected chi connectivity index (χ1v) is 8.25. The van der Waals surface area contributed by atoms with E-state index in [-0.39, 0.29) is 12.5 Å². The van der Waals surface area contributed by atoms with Crippen LogP contribution in [-0.4, -0.2) is 18.2 Å². The zero-order chi connectivity index (χ0) is 17.6. The summed E-state index contributed by atoms with van der Waals surface area (Å²) in [4.78, 5) is 12.0. The van der Waals surface area contributed by atoms with Crippen molar-refractivity contribution in [2.24, 2.45) is 5.10 Å². The normalized spacial score (nSPS) is 11.4. The first-order valence-electron chi connectivity index (χ1n) is 8.25. The molecule has 1 amide bonds. The van der Waals surface area contributed by atoms with E-state index in [1.807, 2.05) is 56.3 Å². The van der Waals surface area contributed by atoms with Crippen LogP contribution in [0.2, 0.25) is 0 Å². The van der Waals surface area contributed by atoms with Gasteiger partial charge in [0.2, 0.25) is 0 Å². The summed E-state index contributed by atoms with van der Waals surface area (Å²) in [5.41, 5.74) is 6.43. The van der Waals surface area contributed by atoms with Crippen LogP contribution in [0.15, 0.2) is 71.8 Å². The molecule has 4 nitrogen and oxygen atoms in total. The number of nitrogens with zero attached hydrogens (tertiary/aromatic N) is 1. The summed E-state index contributed by atoms with van der Waals surface area (Å²) >= 11 is 0. The van der Waals surface area contributed by atoms with E-state index in [0.29, 0.717) is 0 Å². The van der Waals surface area contributed by atoms with E-state index in [9.17, 15) is 4.79 Å². The summed E-state index contributed by atoms with van der Waals surface area (Å²) in [5.74, 6) is -0.179. The fourth-order valence-electron chi connectivity index (χ4n) is 2.60. The Balaban J connectivity index is 1.60. The third-order valence-electron chi connectivity index (χ3n) is 3.99. The Labute approximate surface area is 147 Å². The van der Waals surface area contributed by atoms with Crippen LogP contribution in [0.5, 0.6) is 0 Å². The van der Waals surface area contributed by atoms with Crippen molar-refractivity contribution < 1.29 is 4.79 Å². The molecule has 0 saturated heterocycles. The van der Waals surface area contributed by atoms with Gasteiger partial charge in [0.25, 0.3) is 5.91 Å². The number of nitrogens with one attached hydrogen (secondary N) is 2. The van der Waals surface area contributed by atoms with Gasteiger partial charge in [-0.25, -0.2) is 5.43 Å². The molecule has 0 atom stereocenters. The van der Waals surface area contributed by atoms with Crippen molar-refractivity contribution in [2.45, 2.75) is 13.8 Å². The molecular formula is C21H21N3O. The molecule has 2 N–H and O–H groups in total. The third kappa shape index (κ3) is 4.44. The van der Waals surface area contributed by atoms with Crippen molar-refractivity contribution in [2.75, 3.05) is 11.9 Å². The minimum absolute atomic E-state index is 0.179. The minimum atomic E-state index is -0.179. The molecule has 0 heterocycles. The summed E-state index contributed by atoms with van der Waals surface area (Å²) in [7, 11) is 0. The minimum Gasteiger partial charge on any atom is -0.376 e. The van der Waals surface area contributed by atoms with Crippen molar-refractivity contribution in [3.8, 4) is 0 Å². The van der Waals surface area contributed by atoms with Gasteiger partial charge in [-0.1, -0.05) is 48.5 Å². The van der Waals surface area contributed by atoms with Gasteiger partial charge in [-0.05, 0) is 53.9 Å². The summed E-state index contributed by atoms with van der Waals surface area (Å²) < 4.78 is 0. The van der Waals surface area contributed by atoms with Crippen LogP contribution in [0.3, 0.4) is 0 Å². The third-order valence-corrected chi connectivity index (χ3v) is 3.99. The molecule has 0 aliphatic rings. The van der Waals surface area contributed by atoms with Gasteiger partial charge in [0.05, 0.1) is 12.3 Å². The van der Waals surface area contributed by atoms with Crippen molar-refractivity contribution in [1.29, 1.82) is 0 Å². The molecule has 0 fully saturated rings. The van der Waals surface area contributed by atoms with Crippen molar-refractivity contribution >= 4 is 28.1 Å². The predicted octanol–water partition coefficient (Wildman–Crippen LogP) is 4.10. The zero-order valence-corrected chi connectivity index (χ0v) is 14.4. The average Bonchev–Trinajstić information content (AvgIpc) is 2.64. The molecule has 0 aromatic heterocycles. The second kappa shape index (κ2) is 7.62. The number of carbonyl (C=O) groups excluding carboxylic acids is 1. The highest BCUT2D eigenvalue weighted by Crippen LogP contribution is 2.16.